The summed E-state index contributed by atoms with van der Waals surface area (Å²) in [6.07, 6.45) is 10.3. The number of aryl methyl sites for hydroxylation is 1. The van der Waals surface area contributed by atoms with Crippen molar-refractivity contribution in [3.05, 3.63) is 33.9 Å². The van der Waals surface area contributed by atoms with Crippen molar-refractivity contribution in [3.63, 3.8) is 0 Å². The minimum atomic E-state index is 0.224. The number of hydrogen-bond donors (Lipinski definition) is 1. The molecule has 0 amide bonds. The van der Waals surface area contributed by atoms with Crippen molar-refractivity contribution in [3.8, 4) is 0 Å². The highest BCUT2D eigenvalue weighted by atomic mass is 79.9. The van der Waals surface area contributed by atoms with E-state index in [1.165, 1.54) is 71.6 Å². The molecule has 0 radical (unpaired) electrons. The molecule has 0 saturated heterocycles. The van der Waals surface area contributed by atoms with Gasteiger partial charge in [-0.3, -0.25) is 0 Å². The summed E-state index contributed by atoms with van der Waals surface area (Å²) < 4.78 is 3.80. The van der Waals surface area contributed by atoms with Gasteiger partial charge in [-0.05, 0) is 55.9 Å². The molecule has 112 valence electrons. The highest BCUT2D eigenvalue weighted by Crippen LogP contribution is 2.42. The zero-order chi connectivity index (χ0) is 14.4. The Morgan fingerprint density at radius 2 is 1.86 bits per heavy atom. The lowest BCUT2D eigenvalue weighted by molar-refractivity contribution is 0.344. The Kier molecular flexibility index (Phi) is 3.58. The molecule has 1 aromatic heterocycles. The van der Waals surface area contributed by atoms with Gasteiger partial charge in [0.05, 0.1) is 0 Å². The van der Waals surface area contributed by atoms with Crippen LogP contribution in [0.1, 0.15) is 68.3 Å². The van der Waals surface area contributed by atoms with Gasteiger partial charge in [-0.1, -0.05) is 35.2 Å². The van der Waals surface area contributed by atoms with Gasteiger partial charge in [0.15, 0.2) is 0 Å². The van der Waals surface area contributed by atoms with Crippen LogP contribution in [0.15, 0.2) is 22.7 Å². The minimum Gasteiger partial charge on any atom is -0.340 e. The Bertz CT molecular complexity index is 667. The van der Waals surface area contributed by atoms with Crippen LogP contribution in [-0.2, 0) is 6.42 Å². The van der Waals surface area contributed by atoms with E-state index in [-0.39, 0.29) is 6.04 Å². The van der Waals surface area contributed by atoms with Gasteiger partial charge >= 0.3 is 0 Å². The molecule has 1 saturated carbocycles. The SMILES string of the molecule is NC1CCCc2c1n(C1CCCCC1)c1ccc(Br)cc21. The molecule has 2 nitrogen and oxygen atoms in total. The fourth-order valence-electron chi connectivity index (χ4n) is 4.41. The number of nitrogens with two attached hydrogens (primary N) is 1. The van der Waals surface area contributed by atoms with E-state index in [0.29, 0.717) is 6.04 Å². The molecule has 0 aliphatic heterocycles. The van der Waals surface area contributed by atoms with Gasteiger partial charge in [0, 0.05) is 33.2 Å². The van der Waals surface area contributed by atoms with Crippen molar-refractivity contribution < 1.29 is 0 Å². The molecule has 0 bridgehead atoms. The lowest BCUT2D eigenvalue weighted by Crippen LogP contribution is -2.24. The van der Waals surface area contributed by atoms with E-state index < -0.39 is 0 Å². The molecule has 2 aliphatic rings. The van der Waals surface area contributed by atoms with E-state index in [0.717, 1.165) is 6.42 Å². The third kappa shape index (κ3) is 2.25. The lowest BCUT2D eigenvalue weighted by atomic mass is 9.91. The van der Waals surface area contributed by atoms with Crippen molar-refractivity contribution in [2.24, 2.45) is 5.73 Å². The molecule has 0 spiro atoms. The molecule has 4 rings (SSSR count). The maximum absolute atomic E-state index is 6.52. The van der Waals surface area contributed by atoms with Gasteiger partial charge in [0.2, 0.25) is 0 Å². The zero-order valence-corrected chi connectivity index (χ0v) is 14.0. The van der Waals surface area contributed by atoms with Crippen LogP contribution in [0.4, 0.5) is 0 Å². The predicted molar refractivity (Wildman–Crippen MR) is 91.6 cm³/mol. The van der Waals surface area contributed by atoms with E-state index >= 15 is 0 Å². The van der Waals surface area contributed by atoms with Crippen LogP contribution in [-0.4, -0.2) is 4.57 Å². The summed E-state index contributed by atoms with van der Waals surface area (Å²) in [7, 11) is 0. The third-order valence-electron chi connectivity index (χ3n) is 5.34. The quantitative estimate of drug-likeness (QED) is 0.751. The second-order valence-electron chi connectivity index (χ2n) is 6.69. The Morgan fingerprint density at radius 3 is 2.67 bits per heavy atom. The smallest absolute Gasteiger partial charge is 0.0489 e. The van der Waals surface area contributed by atoms with Crippen molar-refractivity contribution in [2.75, 3.05) is 0 Å². The third-order valence-corrected chi connectivity index (χ3v) is 5.84. The van der Waals surface area contributed by atoms with Crippen LogP contribution in [0.3, 0.4) is 0 Å². The summed E-state index contributed by atoms with van der Waals surface area (Å²) >= 11 is 3.64. The highest BCUT2D eigenvalue weighted by Gasteiger charge is 2.29. The molecule has 2 aliphatic carbocycles. The molecule has 21 heavy (non-hydrogen) atoms. The number of rotatable bonds is 1. The van der Waals surface area contributed by atoms with E-state index in [1.54, 1.807) is 0 Å². The van der Waals surface area contributed by atoms with Gasteiger partial charge in [0.1, 0.15) is 0 Å². The monoisotopic (exact) mass is 346 g/mol. The largest absolute Gasteiger partial charge is 0.340 e. The van der Waals surface area contributed by atoms with E-state index in [2.05, 4.69) is 38.7 Å². The van der Waals surface area contributed by atoms with Crippen molar-refractivity contribution in [1.29, 1.82) is 0 Å². The van der Waals surface area contributed by atoms with E-state index in [9.17, 15) is 0 Å². The Hall–Kier alpha value is -0.800. The lowest BCUT2D eigenvalue weighted by Gasteiger charge is -2.30. The Morgan fingerprint density at radius 1 is 1.05 bits per heavy atom. The maximum atomic E-state index is 6.52. The molecule has 1 atom stereocenters. The maximum Gasteiger partial charge on any atom is 0.0489 e. The average Bonchev–Trinajstić information content (AvgIpc) is 2.83. The van der Waals surface area contributed by atoms with Crippen LogP contribution >= 0.6 is 15.9 Å². The summed E-state index contributed by atoms with van der Waals surface area (Å²) in [6.45, 7) is 0. The number of halogens is 1. The molecule has 1 aromatic carbocycles. The van der Waals surface area contributed by atoms with Crippen molar-refractivity contribution >= 4 is 26.8 Å². The first-order valence-corrected chi connectivity index (χ1v) is 9.13. The summed E-state index contributed by atoms with van der Waals surface area (Å²) in [5.41, 5.74) is 10.9. The Labute approximate surface area is 134 Å². The second kappa shape index (κ2) is 5.44. The summed E-state index contributed by atoms with van der Waals surface area (Å²) in [6, 6.07) is 7.65. The van der Waals surface area contributed by atoms with E-state index in [4.69, 9.17) is 5.73 Å². The fourth-order valence-corrected chi connectivity index (χ4v) is 4.77. The first kappa shape index (κ1) is 13.8. The number of benzene rings is 1. The van der Waals surface area contributed by atoms with Gasteiger partial charge in [-0.2, -0.15) is 0 Å². The van der Waals surface area contributed by atoms with Crippen molar-refractivity contribution in [1.82, 2.24) is 4.57 Å². The fraction of sp³-hybridized carbons (Fsp3) is 0.556. The average molecular weight is 347 g/mol. The number of fused-ring (bicyclic) bond motifs is 3. The van der Waals surface area contributed by atoms with Gasteiger partial charge in [-0.25, -0.2) is 0 Å². The number of hydrogen-bond acceptors (Lipinski definition) is 1. The first-order valence-electron chi connectivity index (χ1n) is 8.33. The van der Waals surface area contributed by atoms with Crippen molar-refractivity contribution in [2.45, 2.75) is 63.5 Å². The van der Waals surface area contributed by atoms with Gasteiger partial charge < -0.3 is 10.3 Å². The standard InChI is InChI=1S/C18H23BrN2/c19-12-9-10-17-15(11-12)14-7-4-8-16(20)18(14)21(17)13-5-2-1-3-6-13/h9-11,13,16H,1-8,20H2. The van der Waals surface area contributed by atoms with Crippen LogP contribution in [0.2, 0.25) is 0 Å². The number of nitrogens with zero attached hydrogens (tertiary/aromatic N) is 1. The molecule has 2 aromatic rings. The van der Waals surface area contributed by atoms with Gasteiger partial charge in [0.25, 0.3) is 0 Å². The van der Waals surface area contributed by atoms with Crippen LogP contribution in [0, 0.1) is 0 Å². The summed E-state index contributed by atoms with van der Waals surface area (Å²) in [4.78, 5) is 0. The highest BCUT2D eigenvalue weighted by molar-refractivity contribution is 9.10. The summed E-state index contributed by atoms with van der Waals surface area (Å²) in [5, 5.41) is 1.43. The Balaban J connectivity index is 1.96. The molecular weight excluding hydrogens is 324 g/mol. The molecule has 1 fully saturated rings. The van der Waals surface area contributed by atoms with Crippen LogP contribution < -0.4 is 5.73 Å². The number of aromatic nitrogens is 1. The van der Waals surface area contributed by atoms with Gasteiger partial charge in [-0.15, -0.1) is 0 Å². The van der Waals surface area contributed by atoms with Crippen LogP contribution in [0.5, 0.6) is 0 Å². The predicted octanol–water partition coefficient (Wildman–Crippen LogP) is 5.25. The zero-order valence-electron chi connectivity index (χ0n) is 12.4. The molecule has 2 N–H and O–H groups in total. The van der Waals surface area contributed by atoms with E-state index in [1.807, 2.05) is 0 Å². The normalized spacial score (nSPS) is 23.4. The second-order valence-corrected chi connectivity index (χ2v) is 7.60. The molecular formula is C18H23BrN2. The summed E-state index contributed by atoms with van der Waals surface area (Å²) in [5.74, 6) is 0. The molecule has 3 heteroatoms. The first-order chi connectivity index (χ1) is 10.3. The molecule has 1 heterocycles. The van der Waals surface area contributed by atoms with Crippen LogP contribution in [0.25, 0.3) is 10.9 Å². The topological polar surface area (TPSA) is 30.9 Å². The minimum absolute atomic E-state index is 0.224. The molecule has 1 unspecified atom stereocenters.